The van der Waals surface area contributed by atoms with E-state index in [9.17, 15) is 9.59 Å². The largest absolute Gasteiger partial charge is 0.469 e. The molecule has 1 aromatic carbocycles. The van der Waals surface area contributed by atoms with E-state index in [1.165, 1.54) is 4.90 Å². The van der Waals surface area contributed by atoms with E-state index >= 15 is 0 Å². The minimum atomic E-state index is -0.570. The summed E-state index contributed by atoms with van der Waals surface area (Å²) in [5, 5.41) is 0. The SMILES string of the molecule is CC[C@@H](Cc1ccco1)C(=O)N1C(=O)O[C@H](c2ccccc2)[C@@H]1C. The molecule has 0 N–H and O–H groups in total. The number of amides is 2. The molecule has 3 atom stereocenters. The summed E-state index contributed by atoms with van der Waals surface area (Å²) < 4.78 is 10.8. The van der Waals surface area contributed by atoms with Gasteiger partial charge in [0.2, 0.25) is 5.91 Å². The van der Waals surface area contributed by atoms with Crippen molar-refractivity contribution in [2.45, 2.75) is 38.8 Å². The second kappa shape index (κ2) is 6.91. The molecule has 0 unspecified atom stereocenters. The first-order valence-corrected chi connectivity index (χ1v) is 8.22. The van der Waals surface area contributed by atoms with E-state index in [0.29, 0.717) is 12.8 Å². The zero-order valence-corrected chi connectivity index (χ0v) is 13.8. The Kier molecular flexibility index (Phi) is 4.69. The van der Waals surface area contributed by atoms with Crippen molar-refractivity contribution in [1.82, 2.24) is 4.90 Å². The van der Waals surface area contributed by atoms with E-state index < -0.39 is 12.2 Å². The number of rotatable bonds is 5. The standard InChI is InChI=1S/C19H21NO4/c1-3-14(12-16-10-7-11-23-16)18(21)20-13(2)17(24-19(20)22)15-8-5-4-6-9-15/h4-11,13-14,17H,3,12H2,1-2H3/t13-,14-,17-/m0/s1. The van der Waals surface area contributed by atoms with Gasteiger partial charge in [0.15, 0.2) is 0 Å². The summed E-state index contributed by atoms with van der Waals surface area (Å²) in [7, 11) is 0. The first kappa shape index (κ1) is 16.3. The van der Waals surface area contributed by atoms with Gasteiger partial charge < -0.3 is 9.15 Å². The van der Waals surface area contributed by atoms with Crippen LogP contribution in [0.4, 0.5) is 4.79 Å². The van der Waals surface area contributed by atoms with Crippen molar-refractivity contribution in [3.8, 4) is 0 Å². The fourth-order valence-corrected chi connectivity index (χ4v) is 3.12. The van der Waals surface area contributed by atoms with E-state index in [1.807, 2.05) is 50.2 Å². The molecule has 24 heavy (non-hydrogen) atoms. The molecule has 0 saturated carbocycles. The maximum absolute atomic E-state index is 12.9. The molecule has 126 valence electrons. The number of nitrogens with zero attached hydrogens (tertiary/aromatic N) is 1. The fraction of sp³-hybridized carbons (Fsp3) is 0.368. The number of benzene rings is 1. The van der Waals surface area contributed by atoms with Crippen molar-refractivity contribution in [1.29, 1.82) is 0 Å². The summed E-state index contributed by atoms with van der Waals surface area (Å²) in [4.78, 5) is 26.4. The maximum atomic E-state index is 12.9. The van der Waals surface area contributed by atoms with Crippen molar-refractivity contribution < 1.29 is 18.7 Å². The highest BCUT2D eigenvalue weighted by Crippen LogP contribution is 2.33. The number of carbonyl (C=O) groups excluding carboxylic acids is 2. The smallest absolute Gasteiger partial charge is 0.417 e. The van der Waals surface area contributed by atoms with Gasteiger partial charge >= 0.3 is 6.09 Å². The number of imide groups is 1. The molecule has 5 nitrogen and oxygen atoms in total. The van der Waals surface area contributed by atoms with Gasteiger partial charge in [-0.2, -0.15) is 0 Å². The van der Waals surface area contributed by atoms with Crippen LogP contribution in [0.3, 0.4) is 0 Å². The first-order valence-electron chi connectivity index (χ1n) is 8.22. The maximum Gasteiger partial charge on any atom is 0.417 e. The van der Waals surface area contributed by atoms with Gasteiger partial charge in [-0.3, -0.25) is 4.79 Å². The second-order valence-electron chi connectivity index (χ2n) is 6.05. The molecule has 0 aliphatic carbocycles. The Morgan fingerprint density at radius 1 is 1.21 bits per heavy atom. The summed E-state index contributed by atoms with van der Waals surface area (Å²) in [5.41, 5.74) is 0.896. The van der Waals surface area contributed by atoms with Crippen molar-refractivity contribution in [2.24, 2.45) is 5.92 Å². The van der Waals surface area contributed by atoms with Crippen molar-refractivity contribution in [3.63, 3.8) is 0 Å². The summed E-state index contributed by atoms with van der Waals surface area (Å²) in [6, 6.07) is 12.8. The van der Waals surface area contributed by atoms with Crippen LogP contribution in [-0.4, -0.2) is 22.9 Å². The average molecular weight is 327 g/mol. The molecule has 1 saturated heterocycles. The predicted octanol–water partition coefficient (Wildman–Crippen LogP) is 3.96. The van der Waals surface area contributed by atoms with Crippen LogP contribution in [0.15, 0.2) is 53.1 Å². The van der Waals surface area contributed by atoms with Crippen LogP contribution in [0.1, 0.15) is 37.7 Å². The highest BCUT2D eigenvalue weighted by molar-refractivity contribution is 5.95. The highest BCUT2D eigenvalue weighted by atomic mass is 16.6. The van der Waals surface area contributed by atoms with E-state index in [2.05, 4.69) is 0 Å². The monoisotopic (exact) mass is 327 g/mol. The Balaban J connectivity index is 1.77. The number of ether oxygens (including phenoxy) is 1. The summed E-state index contributed by atoms with van der Waals surface area (Å²) in [5.74, 6) is 0.237. The summed E-state index contributed by atoms with van der Waals surface area (Å²) in [6.45, 7) is 3.78. The van der Waals surface area contributed by atoms with Gasteiger partial charge in [-0.05, 0) is 31.0 Å². The molecule has 3 rings (SSSR count). The van der Waals surface area contributed by atoms with Gasteiger partial charge in [0, 0.05) is 12.3 Å². The predicted molar refractivity (Wildman–Crippen MR) is 88.2 cm³/mol. The third-order valence-electron chi connectivity index (χ3n) is 4.51. The lowest BCUT2D eigenvalue weighted by Crippen LogP contribution is -2.42. The van der Waals surface area contributed by atoms with Crippen LogP contribution < -0.4 is 0 Å². The first-order chi connectivity index (χ1) is 11.6. The van der Waals surface area contributed by atoms with E-state index in [0.717, 1.165) is 11.3 Å². The van der Waals surface area contributed by atoms with Crippen LogP contribution in [0.25, 0.3) is 0 Å². The molecule has 0 radical (unpaired) electrons. The lowest BCUT2D eigenvalue weighted by atomic mass is 9.97. The molecule has 2 heterocycles. The molecule has 0 bridgehead atoms. The normalized spacial score (nSPS) is 21.6. The molecule has 1 aliphatic rings. The number of hydrogen-bond acceptors (Lipinski definition) is 4. The van der Waals surface area contributed by atoms with Gasteiger partial charge in [-0.25, -0.2) is 9.69 Å². The molecule has 5 heteroatoms. The Bertz CT molecular complexity index is 695. The zero-order valence-electron chi connectivity index (χ0n) is 13.8. The van der Waals surface area contributed by atoms with Gasteiger partial charge in [0.25, 0.3) is 0 Å². The minimum absolute atomic E-state index is 0.204. The molecular weight excluding hydrogens is 306 g/mol. The number of cyclic esters (lactones) is 1. The lowest BCUT2D eigenvalue weighted by molar-refractivity contribution is -0.133. The van der Waals surface area contributed by atoms with Crippen LogP contribution in [0.2, 0.25) is 0 Å². The molecule has 2 aromatic rings. The Morgan fingerprint density at radius 3 is 2.58 bits per heavy atom. The van der Waals surface area contributed by atoms with Gasteiger partial charge in [0.05, 0.1) is 12.3 Å². The summed E-state index contributed by atoms with van der Waals surface area (Å²) >= 11 is 0. The van der Waals surface area contributed by atoms with E-state index in [1.54, 1.807) is 12.3 Å². The Hall–Kier alpha value is -2.56. The number of carbonyl (C=O) groups is 2. The molecule has 1 fully saturated rings. The van der Waals surface area contributed by atoms with E-state index in [-0.39, 0.29) is 17.9 Å². The molecular formula is C19H21NO4. The highest BCUT2D eigenvalue weighted by Gasteiger charge is 2.44. The van der Waals surface area contributed by atoms with Crippen molar-refractivity contribution in [2.75, 3.05) is 0 Å². The molecule has 0 spiro atoms. The van der Waals surface area contributed by atoms with Gasteiger partial charge in [-0.1, -0.05) is 37.3 Å². The quantitative estimate of drug-likeness (QED) is 0.834. The molecule has 1 aliphatic heterocycles. The number of hydrogen-bond donors (Lipinski definition) is 0. The van der Waals surface area contributed by atoms with Crippen molar-refractivity contribution >= 4 is 12.0 Å². The minimum Gasteiger partial charge on any atom is -0.469 e. The molecule has 1 aromatic heterocycles. The third kappa shape index (κ3) is 3.07. The van der Waals surface area contributed by atoms with Crippen LogP contribution in [0.5, 0.6) is 0 Å². The number of furan rings is 1. The molecule has 2 amide bonds. The third-order valence-corrected chi connectivity index (χ3v) is 4.51. The van der Waals surface area contributed by atoms with Gasteiger partial charge in [-0.15, -0.1) is 0 Å². The van der Waals surface area contributed by atoms with Gasteiger partial charge in [0.1, 0.15) is 11.9 Å². The average Bonchev–Trinajstić information content (AvgIpc) is 3.21. The second-order valence-corrected chi connectivity index (χ2v) is 6.05. The van der Waals surface area contributed by atoms with Crippen LogP contribution in [-0.2, 0) is 16.0 Å². The van der Waals surface area contributed by atoms with Crippen molar-refractivity contribution in [3.05, 3.63) is 60.1 Å². The Labute approximate surface area is 141 Å². The lowest BCUT2D eigenvalue weighted by Gasteiger charge is -2.23. The summed E-state index contributed by atoms with van der Waals surface area (Å²) in [6.07, 6.45) is 1.70. The fourth-order valence-electron chi connectivity index (χ4n) is 3.12. The Morgan fingerprint density at radius 2 is 1.96 bits per heavy atom. The zero-order chi connectivity index (χ0) is 17.1. The topological polar surface area (TPSA) is 59.8 Å². The van der Waals surface area contributed by atoms with Crippen LogP contribution >= 0.6 is 0 Å². The van der Waals surface area contributed by atoms with E-state index in [4.69, 9.17) is 9.15 Å². The van der Waals surface area contributed by atoms with Crippen LogP contribution in [0, 0.1) is 5.92 Å².